The highest BCUT2D eigenvalue weighted by Crippen LogP contribution is 2.34. The number of phenols is 1. The van der Waals surface area contributed by atoms with Gasteiger partial charge in [-0.25, -0.2) is 4.99 Å². The second kappa shape index (κ2) is 17.1. The van der Waals surface area contributed by atoms with Gasteiger partial charge < -0.3 is 5.11 Å². The Bertz CT molecular complexity index is 986. The van der Waals surface area contributed by atoms with Crippen molar-refractivity contribution in [3.05, 3.63) is 65.1 Å². The summed E-state index contributed by atoms with van der Waals surface area (Å²) in [6, 6.07) is 16.7. The van der Waals surface area contributed by atoms with E-state index >= 15 is 0 Å². The molecule has 0 aromatic heterocycles. The van der Waals surface area contributed by atoms with Crippen molar-refractivity contribution < 1.29 is 9.90 Å². The van der Waals surface area contributed by atoms with Crippen molar-refractivity contribution in [2.45, 2.75) is 96.8 Å². The summed E-state index contributed by atoms with van der Waals surface area (Å²) in [5.74, 6) is 0.237. The minimum atomic E-state index is 0.0162. The van der Waals surface area contributed by atoms with Crippen LogP contribution in [0.5, 0.6) is 5.75 Å². The number of nitrogens with zero attached hydrogens (tertiary/aromatic N) is 2. The zero-order valence-corrected chi connectivity index (χ0v) is 23.4. The van der Waals surface area contributed by atoms with Gasteiger partial charge in [-0.3, -0.25) is 9.69 Å². The molecule has 1 fully saturated rings. The van der Waals surface area contributed by atoms with E-state index in [0.29, 0.717) is 11.4 Å². The van der Waals surface area contributed by atoms with Crippen molar-refractivity contribution in [3.8, 4) is 5.75 Å². The number of hydrogen-bond donors (Lipinski definition) is 1. The number of rotatable bonds is 17. The predicted octanol–water partition coefficient (Wildman–Crippen LogP) is 9.48. The predicted molar refractivity (Wildman–Crippen MR) is 159 cm³/mol. The normalized spacial score (nSPS) is 15.8. The van der Waals surface area contributed by atoms with Gasteiger partial charge in [0.1, 0.15) is 5.75 Å². The quantitative estimate of drug-likeness (QED) is 0.167. The van der Waals surface area contributed by atoms with Crippen LogP contribution in [-0.2, 0) is 4.79 Å². The second-order valence-electron chi connectivity index (χ2n) is 9.99. The Morgan fingerprint density at radius 3 is 1.86 bits per heavy atom. The molecule has 0 unspecified atom stereocenters. The third-order valence-corrected chi connectivity index (χ3v) is 7.80. The van der Waals surface area contributed by atoms with Crippen LogP contribution in [0.1, 0.15) is 102 Å². The number of unbranched alkanes of at least 4 members (excludes halogenated alkanes) is 13. The van der Waals surface area contributed by atoms with Crippen molar-refractivity contribution in [3.63, 3.8) is 0 Å². The fraction of sp³-hybridized carbons (Fsp3) is 0.500. The molecular formula is C32H44N2O2S. The molecule has 1 heterocycles. The molecule has 0 bridgehead atoms. The van der Waals surface area contributed by atoms with E-state index in [1.807, 2.05) is 53.4 Å². The van der Waals surface area contributed by atoms with Crippen LogP contribution in [0.3, 0.4) is 0 Å². The fourth-order valence-corrected chi connectivity index (χ4v) is 5.61. The number of para-hydroxylation sites is 1. The molecule has 1 aliphatic rings. The van der Waals surface area contributed by atoms with Crippen molar-refractivity contribution in [2.24, 2.45) is 4.99 Å². The summed E-state index contributed by atoms with van der Waals surface area (Å²) >= 11 is 1.43. The zero-order chi connectivity index (χ0) is 26.1. The summed E-state index contributed by atoms with van der Waals surface area (Å²) in [6.45, 7) is 2.97. The summed E-state index contributed by atoms with van der Waals surface area (Å²) in [6.07, 6.45) is 20.4. The Morgan fingerprint density at radius 1 is 0.757 bits per heavy atom. The first-order valence-electron chi connectivity index (χ1n) is 14.3. The van der Waals surface area contributed by atoms with Gasteiger partial charge in [-0.05, 0) is 54.1 Å². The van der Waals surface area contributed by atoms with Gasteiger partial charge in [-0.1, -0.05) is 121 Å². The summed E-state index contributed by atoms with van der Waals surface area (Å²) in [7, 11) is 0. The number of amidine groups is 1. The molecule has 200 valence electrons. The molecule has 1 N–H and O–H groups in total. The highest BCUT2D eigenvalue weighted by molar-refractivity contribution is 8.18. The van der Waals surface area contributed by atoms with Crippen LogP contribution in [0.2, 0.25) is 0 Å². The van der Waals surface area contributed by atoms with E-state index in [4.69, 9.17) is 4.99 Å². The lowest BCUT2D eigenvalue weighted by atomic mass is 10.0. The highest BCUT2D eigenvalue weighted by Gasteiger charge is 2.33. The summed E-state index contributed by atoms with van der Waals surface area (Å²) in [5, 5.41) is 10.3. The summed E-state index contributed by atoms with van der Waals surface area (Å²) < 4.78 is 0. The minimum Gasteiger partial charge on any atom is -0.508 e. The Morgan fingerprint density at radius 2 is 1.30 bits per heavy atom. The van der Waals surface area contributed by atoms with Crippen molar-refractivity contribution in [2.75, 3.05) is 6.54 Å². The molecule has 5 heteroatoms. The first-order chi connectivity index (χ1) is 18.2. The molecule has 0 saturated carbocycles. The maximum absolute atomic E-state index is 13.2. The molecule has 1 aliphatic heterocycles. The molecule has 0 spiro atoms. The van der Waals surface area contributed by atoms with Crippen LogP contribution < -0.4 is 0 Å². The Labute approximate surface area is 228 Å². The van der Waals surface area contributed by atoms with Gasteiger partial charge in [0.25, 0.3) is 5.91 Å². The Kier molecular flexibility index (Phi) is 13.4. The van der Waals surface area contributed by atoms with Gasteiger partial charge in [0, 0.05) is 6.54 Å². The molecular weight excluding hydrogens is 476 g/mol. The lowest BCUT2D eigenvalue weighted by molar-refractivity contribution is -0.122. The van der Waals surface area contributed by atoms with E-state index in [-0.39, 0.29) is 11.7 Å². The van der Waals surface area contributed by atoms with Crippen LogP contribution in [0.4, 0.5) is 5.69 Å². The molecule has 0 aliphatic carbocycles. The fourth-order valence-electron chi connectivity index (χ4n) is 4.59. The maximum Gasteiger partial charge on any atom is 0.266 e. The first kappa shape index (κ1) is 29.0. The third kappa shape index (κ3) is 10.8. The number of benzene rings is 2. The third-order valence-electron chi connectivity index (χ3n) is 6.80. The number of carbonyl (C=O) groups excluding carboxylic acids is 1. The molecule has 3 rings (SSSR count). The highest BCUT2D eigenvalue weighted by atomic mass is 32.2. The van der Waals surface area contributed by atoms with Crippen molar-refractivity contribution in [1.82, 2.24) is 4.90 Å². The number of amides is 1. The Hall–Kier alpha value is -2.53. The summed E-state index contributed by atoms with van der Waals surface area (Å²) in [5.41, 5.74) is 1.75. The van der Waals surface area contributed by atoms with Crippen LogP contribution in [-0.4, -0.2) is 27.6 Å². The maximum atomic E-state index is 13.2. The second-order valence-corrected chi connectivity index (χ2v) is 11.0. The largest absolute Gasteiger partial charge is 0.508 e. The number of aromatic hydroxyl groups is 1. The number of thioether (sulfide) groups is 1. The monoisotopic (exact) mass is 520 g/mol. The molecule has 4 nitrogen and oxygen atoms in total. The van der Waals surface area contributed by atoms with E-state index in [0.717, 1.165) is 29.3 Å². The van der Waals surface area contributed by atoms with Crippen molar-refractivity contribution in [1.29, 1.82) is 0 Å². The Balaban J connectivity index is 1.41. The SMILES string of the molecule is CCCCCCCCCCCCCCCCN1C(=O)/C(=C/c2ccc(O)cc2)SC1=Nc1ccccc1. The van der Waals surface area contributed by atoms with Crippen LogP contribution in [0, 0.1) is 0 Å². The molecule has 37 heavy (non-hydrogen) atoms. The van der Waals surface area contributed by atoms with E-state index < -0.39 is 0 Å². The van der Waals surface area contributed by atoms with Crippen LogP contribution in [0.15, 0.2) is 64.5 Å². The van der Waals surface area contributed by atoms with Crippen molar-refractivity contribution >= 4 is 34.6 Å². The van der Waals surface area contributed by atoms with Crippen LogP contribution in [0.25, 0.3) is 6.08 Å². The van der Waals surface area contributed by atoms with Gasteiger partial charge in [0.05, 0.1) is 10.6 Å². The molecule has 2 aromatic carbocycles. The van der Waals surface area contributed by atoms with E-state index in [2.05, 4.69) is 6.92 Å². The summed E-state index contributed by atoms with van der Waals surface area (Å²) in [4.78, 5) is 20.5. The molecule has 2 aromatic rings. The topological polar surface area (TPSA) is 52.9 Å². The van der Waals surface area contributed by atoms with E-state index in [1.165, 1.54) is 88.8 Å². The number of hydrogen-bond acceptors (Lipinski definition) is 4. The first-order valence-corrected chi connectivity index (χ1v) is 15.1. The number of aliphatic imine (C=N–C) groups is 1. The average Bonchev–Trinajstić information content (AvgIpc) is 3.19. The van der Waals surface area contributed by atoms with Gasteiger partial charge >= 0.3 is 0 Å². The smallest absolute Gasteiger partial charge is 0.266 e. The standard InChI is InChI=1S/C32H44N2O2S/c1-2-3-4-5-6-7-8-9-10-11-12-13-14-18-25-34-31(36)30(26-27-21-23-29(35)24-22-27)37-32(34)33-28-19-16-15-17-20-28/h15-17,19-24,26,35H,2-14,18,25H2,1H3/b30-26-,33-32?. The van der Waals surface area contributed by atoms with E-state index in [1.54, 1.807) is 12.1 Å². The lowest BCUT2D eigenvalue weighted by Gasteiger charge is -2.15. The van der Waals surface area contributed by atoms with Gasteiger partial charge in [0.15, 0.2) is 5.17 Å². The minimum absolute atomic E-state index is 0.0162. The van der Waals surface area contributed by atoms with E-state index in [9.17, 15) is 9.90 Å². The van der Waals surface area contributed by atoms with Crippen LogP contribution >= 0.6 is 11.8 Å². The van der Waals surface area contributed by atoms with Gasteiger partial charge in [-0.2, -0.15) is 0 Å². The van der Waals surface area contributed by atoms with Gasteiger partial charge in [0.2, 0.25) is 0 Å². The zero-order valence-electron chi connectivity index (χ0n) is 22.5. The number of carbonyl (C=O) groups is 1. The molecule has 1 amide bonds. The molecule has 0 atom stereocenters. The van der Waals surface area contributed by atoms with Gasteiger partial charge in [-0.15, -0.1) is 0 Å². The lowest BCUT2D eigenvalue weighted by Crippen LogP contribution is -2.30. The average molecular weight is 521 g/mol. The molecule has 0 radical (unpaired) electrons. The number of phenolic OH excluding ortho intramolecular Hbond substituents is 1. The molecule has 1 saturated heterocycles.